The fourth-order valence-corrected chi connectivity index (χ4v) is 2.15. The maximum absolute atomic E-state index is 10.8. The maximum Gasteiger partial charge on any atom is 0.335 e. The SMILES string of the molecule is CCc1nnc(CSc2cccc(C(=O)O)c2)o1. The molecule has 0 aliphatic rings. The van der Waals surface area contributed by atoms with Gasteiger partial charge in [-0.25, -0.2) is 4.79 Å². The number of aryl methyl sites for hydroxylation is 1. The van der Waals surface area contributed by atoms with E-state index in [1.165, 1.54) is 11.8 Å². The second kappa shape index (κ2) is 5.68. The van der Waals surface area contributed by atoms with E-state index in [9.17, 15) is 4.79 Å². The second-order valence-corrected chi connectivity index (χ2v) is 4.61. The van der Waals surface area contributed by atoms with Crippen LogP contribution in [0.25, 0.3) is 0 Å². The predicted molar refractivity (Wildman–Crippen MR) is 66.6 cm³/mol. The van der Waals surface area contributed by atoms with Gasteiger partial charge < -0.3 is 9.52 Å². The Balaban J connectivity index is 2.01. The van der Waals surface area contributed by atoms with E-state index in [1.54, 1.807) is 18.2 Å². The molecule has 1 heterocycles. The Labute approximate surface area is 108 Å². The van der Waals surface area contributed by atoms with Crippen LogP contribution in [-0.2, 0) is 12.2 Å². The van der Waals surface area contributed by atoms with Gasteiger partial charge >= 0.3 is 5.97 Å². The number of hydrogen-bond donors (Lipinski definition) is 1. The molecule has 0 bridgehead atoms. The number of carbonyl (C=O) groups is 1. The standard InChI is InChI=1S/C12H12N2O3S/c1-2-10-13-14-11(17-10)7-18-9-5-3-4-8(6-9)12(15)16/h3-6H,2,7H2,1H3,(H,15,16). The lowest BCUT2D eigenvalue weighted by molar-refractivity contribution is 0.0696. The Hall–Kier alpha value is -1.82. The van der Waals surface area contributed by atoms with Crippen LogP contribution in [0.4, 0.5) is 0 Å². The minimum Gasteiger partial charge on any atom is -0.478 e. The molecule has 0 fully saturated rings. The van der Waals surface area contributed by atoms with Crippen LogP contribution in [-0.4, -0.2) is 21.3 Å². The van der Waals surface area contributed by atoms with Gasteiger partial charge in [0, 0.05) is 11.3 Å². The first-order chi connectivity index (χ1) is 8.69. The van der Waals surface area contributed by atoms with Gasteiger partial charge in [-0.3, -0.25) is 0 Å². The molecular weight excluding hydrogens is 252 g/mol. The number of aromatic carboxylic acids is 1. The van der Waals surface area contributed by atoms with Gasteiger partial charge in [0.2, 0.25) is 11.8 Å². The van der Waals surface area contributed by atoms with Crippen molar-refractivity contribution >= 4 is 17.7 Å². The summed E-state index contributed by atoms with van der Waals surface area (Å²) in [4.78, 5) is 11.7. The summed E-state index contributed by atoms with van der Waals surface area (Å²) in [5.74, 6) is 0.779. The molecule has 1 N–H and O–H groups in total. The normalized spacial score (nSPS) is 10.5. The van der Waals surface area contributed by atoms with E-state index < -0.39 is 5.97 Å². The van der Waals surface area contributed by atoms with Gasteiger partial charge in [-0.15, -0.1) is 22.0 Å². The summed E-state index contributed by atoms with van der Waals surface area (Å²) in [6.45, 7) is 1.95. The van der Waals surface area contributed by atoms with Crippen LogP contribution in [0, 0.1) is 0 Å². The zero-order chi connectivity index (χ0) is 13.0. The highest BCUT2D eigenvalue weighted by atomic mass is 32.2. The fraction of sp³-hybridized carbons (Fsp3) is 0.250. The molecule has 0 aliphatic heterocycles. The van der Waals surface area contributed by atoms with Gasteiger partial charge in [-0.2, -0.15) is 0 Å². The number of carboxylic acid groups (broad SMARTS) is 1. The van der Waals surface area contributed by atoms with Crippen LogP contribution in [0.15, 0.2) is 33.6 Å². The molecule has 0 saturated heterocycles. The highest BCUT2D eigenvalue weighted by Gasteiger charge is 2.07. The molecule has 2 aromatic rings. The first-order valence-corrected chi connectivity index (χ1v) is 6.45. The summed E-state index contributed by atoms with van der Waals surface area (Å²) in [5.41, 5.74) is 0.278. The van der Waals surface area contributed by atoms with Crippen LogP contribution in [0.5, 0.6) is 0 Å². The van der Waals surface area contributed by atoms with Crippen molar-refractivity contribution in [1.29, 1.82) is 0 Å². The largest absolute Gasteiger partial charge is 0.478 e. The molecule has 6 heteroatoms. The summed E-state index contributed by atoms with van der Waals surface area (Å²) in [5, 5.41) is 16.7. The molecule has 1 aromatic carbocycles. The highest BCUT2D eigenvalue weighted by Crippen LogP contribution is 2.23. The summed E-state index contributed by atoms with van der Waals surface area (Å²) in [6.07, 6.45) is 0.714. The van der Waals surface area contributed by atoms with Gasteiger partial charge in [-0.1, -0.05) is 13.0 Å². The number of carboxylic acids is 1. The first-order valence-electron chi connectivity index (χ1n) is 5.46. The Morgan fingerprint density at radius 3 is 2.83 bits per heavy atom. The molecule has 0 radical (unpaired) electrons. The van der Waals surface area contributed by atoms with Crippen molar-refractivity contribution in [2.45, 2.75) is 24.0 Å². The minimum atomic E-state index is -0.927. The van der Waals surface area contributed by atoms with Crippen molar-refractivity contribution in [3.8, 4) is 0 Å². The van der Waals surface area contributed by atoms with Crippen molar-refractivity contribution < 1.29 is 14.3 Å². The highest BCUT2D eigenvalue weighted by molar-refractivity contribution is 7.98. The smallest absolute Gasteiger partial charge is 0.335 e. The van der Waals surface area contributed by atoms with Crippen molar-refractivity contribution in [2.24, 2.45) is 0 Å². The number of nitrogens with zero attached hydrogens (tertiary/aromatic N) is 2. The summed E-state index contributed by atoms with van der Waals surface area (Å²) in [6, 6.07) is 6.77. The molecule has 94 valence electrons. The number of thioether (sulfide) groups is 1. The van der Waals surface area contributed by atoms with Crippen LogP contribution in [0.1, 0.15) is 29.1 Å². The molecule has 2 rings (SSSR count). The number of aromatic nitrogens is 2. The predicted octanol–water partition coefficient (Wildman–Crippen LogP) is 2.62. The third-order valence-corrected chi connectivity index (χ3v) is 3.23. The molecule has 0 unspecified atom stereocenters. The van der Waals surface area contributed by atoms with E-state index in [-0.39, 0.29) is 5.56 Å². The van der Waals surface area contributed by atoms with E-state index in [0.29, 0.717) is 24.0 Å². The van der Waals surface area contributed by atoms with Crippen LogP contribution >= 0.6 is 11.8 Å². The quantitative estimate of drug-likeness (QED) is 0.836. The molecule has 18 heavy (non-hydrogen) atoms. The lowest BCUT2D eigenvalue weighted by atomic mass is 10.2. The van der Waals surface area contributed by atoms with Crippen LogP contribution in [0.3, 0.4) is 0 Å². The molecule has 0 atom stereocenters. The van der Waals surface area contributed by atoms with Crippen molar-refractivity contribution in [3.05, 3.63) is 41.6 Å². The molecule has 5 nitrogen and oxygen atoms in total. The fourth-order valence-electron chi connectivity index (χ4n) is 1.35. The molecule has 0 spiro atoms. The Morgan fingerprint density at radius 1 is 1.39 bits per heavy atom. The number of rotatable bonds is 5. The number of benzene rings is 1. The lowest BCUT2D eigenvalue weighted by Crippen LogP contribution is -1.95. The van der Waals surface area contributed by atoms with E-state index in [4.69, 9.17) is 9.52 Å². The van der Waals surface area contributed by atoms with Crippen LogP contribution in [0.2, 0.25) is 0 Å². The average Bonchev–Trinajstić information content (AvgIpc) is 2.84. The van der Waals surface area contributed by atoms with E-state index in [0.717, 1.165) is 4.90 Å². The van der Waals surface area contributed by atoms with Crippen molar-refractivity contribution in [3.63, 3.8) is 0 Å². The summed E-state index contributed by atoms with van der Waals surface area (Å²) >= 11 is 1.47. The molecule has 0 amide bonds. The average molecular weight is 264 g/mol. The van der Waals surface area contributed by atoms with E-state index in [2.05, 4.69) is 10.2 Å². The first kappa shape index (κ1) is 12.6. The summed E-state index contributed by atoms with van der Waals surface area (Å²) in [7, 11) is 0. The van der Waals surface area contributed by atoms with Crippen molar-refractivity contribution in [1.82, 2.24) is 10.2 Å². The molecule has 0 saturated carbocycles. The molecule has 0 aliphatic carbocycles. The maximum atomic E-state index is 10.8. The van der Waals surface area contributed by atoms with Gasteiger partial charge in [0.05, 0.1) is 11.3 Å². The minimum absolute atomic E-state index is 0.278. The molecular formula is C12H12N2O3S. The monoisotopic (exact) mass is 264 g/mol. The van der Waals surface area contributed by atoms with Gasteiger partial charge in [0.25, 0.3) is 0 Å². The van der Waals surface area contributed by atoms with E-state index in [1.807, 2.05) is 13.0 Å². The van der Waals surface area contributed by atoms with Crippen molar-refractivity contribution in [2.75, 3.05) is 0 Å². The van der Waals surface area contributed by atoms with Gasteiger partial charge in [0.1, 0.15) is 0 Å². The lowest BCUT2D eigenvalue weighted by Gasteiger charge is -2.00. The van der Waals surface area contributed by atoms with Gasteiger partial charge in [0.15, 0.2) is 0 Å². The zero-order valence-corrected chi connectivity index (χ0v) is 10.6. The van der Waals surface area contributed by atoms with Crippen LogP contribution < -0.4 is 0 Å². The van der Waals surface area contributed by atoms with Gasteiger partial charge in [-0.05, 0) is 18.2 Å². The molecule has 1 aromatic heterocycles. The number of hydrogen-bond acceptors (Lipinski definition) is 5. The Kier molecular flexibility index (Phi) is 3.99. The third kappa shape index (κ3) is 3.10. The van der Waals surface area contributed by atoms with E-state index >= 15 is 0 Å². The zero-order valence-electron chi connectivity index (χ0n) is 9.79. The Morgan fingerprint density at radius 2 is 2.17 bits per heavy atom. The Bertz CT molecular complexity index is 554. The third-order valence-electron chi connectivity index (χ3n) is 2.25. The topological polar surface area (TPSA) is 76.2 Å². The summed E-state index contributed by atoms with van der Waals surface area (Å²) < 4.78 is 5.37. The second-order valence-electron chi connectivity index (χ2n) is 3.56.